The maximum absolute atomic E-state index is 13.4. The Morgan fingerprint density at radius 3 is 2.09 bits per heavy atom. The maximum atomic E-state index is 13.4. The van der Waals surface area contributed by atoms with Gasteiger partial charge in [-0.2, -0.15) is 0 Å². The molecule has 15 nitrogen and oxygen atoms in total. The number of aliphatic hydroxyl groups is 1. The molecule has 16 heteroatoms. The predicted molar refractivity (Wildman–Crippen MR) is 208 cm³/mol. The molecule has 300 valence electrons. The Morgan fingerprint density at radius 1 is 0.821 bits per heavy atom. The van der Waals surface area contributed by atoms with Gasteiger partial charge < -0.3 is 29.7 Å². The van der Waals surface area contributed by atoms with E-state index in [4.69, 9.17) is 9.47 Å². The van der Waals surface area contributed by atoms with Gasteiger partial charge in [0.1, 0.15) is 19.3 Å². The van der Waals surface area contributed by atoms with Crippen molar-refractivity contribution in [2.24, 2.45) is 10.9 Å². The second-order valence-electron chi connectivity index (χ2n) is 14.0. The van der Waals surface area contributed by atoms with E-state index >= 15 is 0 Å². The zero-order valence-corrected chi connectivity index (χ0v) is 32.1. The van der Waals surface area contributed by atoms with Gasteiger partial charge in [-0.1, -0.05) is 91.0 Å². The van der Waals surface area contributed by atoms with Crippen molar-refractivity contribution in [3.63, 3.8) is 0 Å². The number of piperidine rings is 1. The van der Waals surface area contributed by atoms with Crippen LogP contribution in [0.3, 0.4) is 0 Å². The monoisotopic (exact) mass is 790 g/mol. The molecule has 4 N–H and O–H groups in total. The van der Waals surface area contributed by atoms with Crippen LogP contribution in [0.25, 0.3) is 0 Å². The molecular formula is C40H50N6O9S. The number of carbonyl (C=O) groups is 4. The van der Waals surface area contributed by atoms with Gasteiger partial charge in [0, 0.05) is 19.6 Å². The first-order valence-electron chi connectivity index (χ1n) is 18.8. The first kappa shape index (κ1) is 41.8. The van der Waals surface area contributed by atoms with Crippen LogP contribution in [0.15, 0.2) is 96.0 Å². The molecular weight excluding hydrogens is 741 g/mol. The summed E-state index contributed by atoms with van der Waals surface area (Å²) < 4.78 is 39.1. The molecule has 3 aromatic rings. The van der Waals surface area contributed by atoms with Gasteiger partial charge in [-0.25, -0.2) is 22.7 Å². The Labute approximate surface area is 327 Å². The molecule has 2 aliphatic heterocycles. The minimum absolute atomic E-state index is 0.00641. The summed E-state index contributed by atoms with van der Waals surface area (Å²) in [7, 11) is -3.83. The Bertz CT molecular complexity index is 1880. The van der Waals surface area contributed by atoms with Crippen molar-refractivity contribution in [2.75, 3.05) is 32.8 Å². The van der Waals surface area contributed by atoms with Crippen molar-refractivity contribution in [1.29, 1.82) is 0 Å². The number of ether oxygens (including phenoxy) is 2. The van der Waals surface area contributed by atoms with Crippen LogP contribution < -0.4 is 15.4 Å². The van der Waals surface area contributed by atoms with Crippen LogP contribution in [0.4, 0.5) is 9.59 Å². The minimum atomic E-state index is -3.83. The molecule has 5 rings (SSSR count). The summed E-state index contributed by atoms with van der Waals surface area (Å²) >= 11 is 0. The molecule has 1 unspecified atom stereocenters. The average molecular weight is 791 g/mol. The third kappa shape index (κ3) is 13.8. The average Bonchev–Trinajstić information content (AvgIpc) is 3.36. The second-order valence-corrected chi connectivity index (χ2v) is 15.7. The van der Waals surface area contributed by atoms with Crippen LogP contribution in [-0.2, 0) is 48.1 Å². The molecule has 3 aromatic carbocycles. The SMILES string of the molecule is O=C(CN1CCCC[C@H](NS(=O)(=O)Cc2ccccc2)C1=O)N[C@H](CO)CC1CCCN(/C(=N/C(=O)OCc2ccccc2)NC(=O)OCc2ccccc2)C1. The van der Waals surface area contributed by atoms with Gasteiger partial charge in [0.2, 0.25) is 27.8 Å². The quantitative estimate of drug-likeness (QED) is 0.138. The number of hydrogen-bond donors (Lipinski definition) is 4. The first-order valence-corrected chi connectivity index (χ1v) is 20.5. The van der Waals surface area contributed by atoms with Crippen molar-refractivity contribution >= 4 is 40.0 Å². The van der Waals surface area contributed by atoms with Crippen molar-refractivity contribution in [2.45, 2.75) is 69.6 Å². The number of hydrogen-bond acceptors (Lipinski definition) is 9. The summed E-state index contributed by atoms with van der Waals surface area (Å²) in [6.07, 6.45) is 1.59. The molecule has 2 heterocycles. The Morgan fingerprint density at radius 2 is 1.45 bits per heavy atom. The van der Waals surface area contributed by atoms with Gasteiger partial charge >= 0.3 is 12.2 Å². The fourth-order valence-electron chi connectivity index (χ4n) is 6.77. The summed E-state index contributed by atoms with van der Waals surface area (Å²) in [5, 5.41) is 15.7. The third-order valence-electron chi connectivity index (χ3n) is 9.49. The van der Waals surface area contributed by atoms with E-state index in [9.17, 15) is 32.7 Å². The number of likely N-dealkylation sites (tertiary alicyclic amines) is 2. The molecule has 0 radical (unpaired) electrons. The van der Waals surface area contributed by atoms with Crippen LogP contribution >= 0.6 is 0 Å². The lowest BCUT2D eigenvalue weighted by atomic mass is 9.91. The number of aliphatic hydroxyl groups excluding tert-OH is 1. The number of guanidine groups is 1. The molecule has 2 fully saturated rings. The third-order valence-corrected chi connectivity index (χ3v) is 10.8. The van der Waals surface area contributed by atoms with Gasteiger partial charge in [0.15, 0.2) is 0 Å². The van der Waals surface area contributed by atoms with E-state index in [1.807, 2.05) is 60.7 Å². The number of benzene rings is 3. The molecule has 0 bridgehead atoms. The second kappa shape index (κ2) is 21.1. The molecule has 3 atom stereocenters. The maximum Gasteiger partial charge on any atom is 0.437 e. The smallest absolute Gasteiger partial charge is 0.437 e. The Hall–Kier alpha value is -5.32. The molecule has 56 heavy (non-hydrogen) atoms. The first-order chi connectivity index (χ1) is 27.1. The lowest BCUT2D eigenvalue weighted by Gasteiger charge is -2.36. The zero-order chi connectivity index (χ0) is 39.8. The van der Waals surface area contributed by atoms with Crippen LogP contribution in [0, 0.1) is 5.92 Å². The van der Waals surface area contributed by atoms with Gasteiger partial charge in [0.25, 0.3) is 0 Å². The topological polar surface area (TPSA) is 196 Å². The van der Waals surface area contributed by atoms with E-state index in [2.05, 4.69) is 20.3 Å². The van der Waals surface area contributed by atoms with E-state index in [0.29, 0.717) is 57.3 Å². The summed E-state index contributed by atoms with van der Waals surface area (Å²) in [5.74, 6) is -1.35. The normalized spacial score (nSPS) is 18.4. The summed E-state index contributed by atoms with van der Waals surface area (Å²) in [4.78, 5) is 59.6. The molecule has 0 aromatic heterocycles. The van der Waals surface area contributed by atoms with Gasteiger partial charge in [-0.3, -0.25) is 14.9 Å². The van der Waals surface area contributed by atoms with Crippen molar-refractivity contribution < 1.29 is 42.2 Å². The van der Waals surface area contributed by atoms with Crippen LogP contribution in [0.1, 0.15) is 55.2 Å². The molecule has 2 aliphatic rings. The Kier molecular flexibility index (Phi) is 15.8. The number of aliphatic imine (C=N–C) groups is 1. The Balaban J connectivity index is 1.17. The highest BCUT2D eigenvalue weighted by Gasteiger charge is 2.32. The lowest BCUT2D eigenvalue weighted by molar-refractivity contribution is -0.137. The fourth-order valence-corrected chi connectivity index (χ4v) is 8.13. The van der Waals surface area contributed by atoms with Crippen LogP contribution in [-0.4, -0.2) is 98.2 Å². The predicted octanol–water partition coefficient (Wildman–Crippen LogP) is 3.69. The van der Waals surface area contributed by atoms with Gasteiger partial charge in [0.05, 0.1) is 24.9 Å². The number of carbonyl (C=O) groups excluding carboxylic acids is 4. The van der Waals surface area contributed by atoms with E-state index < -0.39 is 46.1 Å². The highest BCUT2D eigenvalue weighted by molar-refractivity contribution is 7.88. The molecule has 2 saturated heterocycles. The van der Waals surface area contributed by atoms with E-state index in [1.165, 1.54) is 4.90 Å². The standard InChI is InChI=1S/C40H50N6O9S/c47-26-34(41-36(48)25-45-21-11-10-20-35(37(45)49)44-56(52,53)29-32-17-8-3-9-18-32)23-33-19-12-22-46(24-33)38(42-39(50)54-27-30-13-4-1-5-14-30)43-40(51)55-28-31-15-6-2-7-16-31/h1-9,13-18,33-35,44,47H,10-12,19-29H2,(H,41,48)(H,42,43,50,51)/t33?,34-,35-/m0/s1. The van der Waals surface area contributed by atoms with E-state index in [-0.39, 0.29) is 44.0 Å². The van der Waals surface area contributed by atoms with Crippen LogP contribution in [0.2, 0.25) is 0 Å². The van der Waals surface area contributed by atoms with Crippen molar-refractivity contribution in [3.05, 3.63) is 108 Å². The summed E-state index contributed by atoms with van der Waals surface area (Å²) in [6.45, 7) is 0.431. The van der Waals surface area contributed by atoms with Crippen molar-refractivity contribution in [3.8, 4) is 0 Å². The van der Waals surface area contributed by atoms with Crippen molar-refractivity contribution in [1.82, 2.24) is 25.2 Å². The molecule has 0 aliphatic carbocycles. The molecule has 0 spiro atoms. The van der Waals surface area contributed by atoms with E-state index in [0.717, 1.165) is 17.5 Å². The number of nitrogens with one attached hydrogen (secondary N) is 3. The lowest BCUT2D eigenvalue weighted by Crippen LogP contribution is -2.52. The fraction of sp³-hybridized carbons (Fsp3) is 0.425. The van der Waals surface area contributed by atoms with Gasteiger partial charge in [-0.05, 0) is 61.1 Å². The van der Waals surface area contributed by atoms with Crippen LogP contribution in [0.5, 0.6) is 0 Å². The summed E-state index contributed by atoms with van der Waals surface area (Å²) in [6, 6.07) is 25.3. The molecule has 4 amide bonds. The highest BCUT2D eigenvalue weighted by atomic mass is 32.2. The number of nitrogens with zero attached hydrogens (tertiary/aromatic N) is 3. The zero-order valence-electron chi connectivity index (χ0n) is 31.3. The minimum Gasteiger partial charge on any atom is -0.444 e. The highest BCUT2D eigenvalue weighted by Crippen LogP contribution is 2.22. The number of amides is 4. The van der Waals surface area contributed by atoms with E-state index in [1.54, 1.807) is 35.2 Å². The largest absolute Gasteiger partial charge is 0.444 e. The van der Waals surface area contributed by atoms with Gasteiger partial charge in [-0.15, -0.1) is 4.99 Å². The molecule has 0 saturated carbocycles. The number of rotatable bonds is 14. The number of alkyl carbamates (subject to hydrolysis) is 1. The summed E-state index contributed by atoms with van der Waals surface area (Å²) in [5.41, 5.74) is 2.14. The number of sulfonamides is 1.